The predicted molar refractivity (Wildman–Crippen MR) is 82.4 cm³/mol. The first-order chi connectivity index (χ1) is 9.54. The monoisotopic (exact) mass is 298 g/mol. The summed E-state index contributed by atoms with van der Waals surface area (Å²) in [6.07, 6.45) is 2.09. The maximum absolute atomic E-state index is 9.96. The summed E-state index contributed by atoms with van der Waals surface area (Å²) in [6.45, 7) is 9.28. The van der Waals surface area contributed by atoms with Gasteiger partial charge in [0.25, 0.3) is 0 Å². The molecule has 2 rings (SSSR count). The third-order valence-corrected chi connectivity index (χ3v) is 4.79. The quantitative estimate of drug-likeness (QED) is 0.876. The Morgan fingerprint density at radius 2 is 2.15 bits per heavy atom. The molecule has 0 aliphatic carbocycles. The molecular formula is C15H26N2O2S. The average molecular weight is 298 g/mol. The Labute approximate surface area is 125 Å². The molecular weight excluding hydrogens is 272 g/mol. The van der Waals surface area contributed by atoms with Crippen molar-refractivity contribution >= 4 is 11.3 Å². The van der Waals surface area contributed by atoms with Crippen molar-refractivity contribution in [1.82, 2.24) is 9.88 Å². The second-order valence-corrected chi connectivity index (χ2v) is 6.83. The molecule has 1 aromatic rings. The Bertz CT molecular complexity index is 400. The first-order valence-corrected chi connectivity index (χ1v) is 8.36. The number of nitrogens with zero attached hydrogens (tertiary/aromatic N) is 2. The number of aliphatic hydroxyl groups is 1. The zero-order valence-corrected chi connectivity index (χ0v) is 13.5. The number of hydrogen-bond acceptors (Lipinski definition) is 5. The third kappa shape index (κ3) is 4.81. The van der Waals surface area contributed by atoms with Gasteiger partial charge in [0.15, 0.2) is 0 Å². The van der Waals surface area contributed by atoms with Crippen LogP contribution >= 0.6 is 11.3 Å². The molecule has 1 N–H and O–H groups in total. The zero-order chi connectivity index (χ0) is 14.5. The summed E-state index contributed by atoms with van der Waals surface area (Å²) in [5.41, 5.74) is 1.13. The van der Waals surface area contributed by atoms with Crippen molar-refractivity contribution < 1.29 is 9.84 Å². The van der Waals surface area contributed by atoms with Crippen LogP contribution in [-0.4, -0.2) is 53.4 Å². The standard InChI is InChI=1S/C15H26N2O2S/c1-11(2)19-9-14(18)8-17-6-4-13(5-7-17)15-16-12(3)10-20-15/h10-11,13-14,18H,4-9H2,1-3H3. The Balaban J connectivity index is 1.71. The number of rotatable bonds is 6. The van der Waals surface area contributed by atoms with Crippen molar-refractivity contribution in [3.63, 3.8) is 0 Å². The Hall–Kier alpha value is -0.490. The lowest BCUT2D eigenvalue weighted by molar-refractivity contribution is -0.0111. The molecule has 1 atom stereocenters. The summed E-state index contributed by atoms with van der Waals surface area (Å²) in [4.78, 5) is 6.94. The van der Waals surface area contributed by atoms with Gasteiger partial charge in [-0.25, -0.2) is 4.98 Å². The van der Waals surface area contributed by atoms with Crippen LogP contribution in [0.2, 0.25) is 0 Å². The topological polar surface area (TPSA) is 45.6 Å². The van der Waals surface area contributed by atoms with Gasteiger partial charge in [-0.3, -0.25) is 0 Å². The molecule has 20 heavy (non-hydrogen) atoms. The van der Waals surface area contributed by atoms with Gasteiger partial charge in [0, 0.05) is 23.5 Å². The maximum Gasteiger partial charge on any atom is 0.0960 e. The van der Waals surface area contributed by atoms with Gasteiger partial charge in [-0.2, -0.15) is 0 Å². The number of β-amino-alcohol motifs (C(OH)–C–C–N with tert-alkyl or cyclic N) is 1. The molecule has 2 heterocycles. The molecule has 0 saturated carbocycles. The van der Waals surface area contributed by atoms with E-state index in [2.05, 4.69) is 22.2 Å². The number of ether oxygens (including phenoxy) is 1. The minimum Gasteiger partial charge on any atom is -0.389 e. The van der Waals surface area contributed by atoms with Gasteiger partial charge in [-0.15, -0.1) is 11.3 Å². The number of aliphatic hydroxyl groups excluding tert-OH is 1. The largest absolute Gasteiger partial charge is 0.389 e. The van der Waals surface area contributed by atoms with Crippen LogP contribution in [0.5, 0.6) is 0 Å². The Morgan fingerprint density at radius 3 is 2.70 bits per heavy atom. The molecule has 0 aromatic carbocycles. The van der Waals surface area contributed by atoms with Gasteiger partial charge in [-0.05, 0) is 46.7 Å². The molecule has 4 nitrogen and oxygen atoms in total. The van der Waals surface area contributed by atoms with Crippen molar-refractivity contribution in [2.45, 2.75) is 51.7 Å². The summed E-state index contributed by atoms with van der Waals surface area (Å²) >= 11 is 1.78. The van der Waals surface area contributed by atoms with E-state index in [1.54, 1.807) is 11.3 Å². The van der Waals surface area contributed by atoms with Crippen LogP contribution in [0.4, 0.5) is 0 Å². The summed E-state index contributed by atoms with van der Waals surface area (Å²) in [5.74, 6) is 0.606. The fourth-order valence-electron chi connectivity index (χ4n) is 2.58. The number of aryl methyl sites for hydroxylation is 1. The van der Waals surface area contributed by atoms with Gasteiger partial charge < -0.3 is 14.7 Å². The highest BCUT2D eigenvalue weighted by Gasteiger charge is 2.24. The fraction of sp³-hybridized carbons (Fsp3) is 0.800. The van der Waals surface area contributed by atoms with E-state index in [9.17, 15) is 5.11 Å². The van der Waals surface area contributed by atoms with Crippen LogP contribution in [0.15, 0.2) is 5.38 Å². The molecule has 1 aliphatic rings. The van der Waals surface area contributed by atoms with Crippen LogP contribution in [0.1, 0.15) is 43.3 Å². The second-order valence-electron chi connectivity index (χ2n) is 5.94. The number of likely N-dealkylation sites (tertiary alicyclic amines) is 1. The van der Waals surface area contributed by atoms with E-state index < -0.39 is 0 Å². The molecule has 1 fully saturated rings. The average Bonchev–Trinajstić information content (AvgIpc) is 2.84. The Morgan fingerprint density at radius 1 is 1.45 bits per heavy atom. The molecule has 5 heteroatoms. The molecule has 0 spiro atoms. The fourth-order valence-corrected chi connectivity index (χ4v) is 3.55. The SMILES string of the molecule is Cc1csc(C2CCN(CC(O)COC(C)C)CC2)n1. The molecule has 0 bridgehead atoms. The second kappa shape index (κ2) is 7.50. The van der Waals surface area contributed by atoms with Crippen LogP contribution in [-0.2, 0) is 4.74 Å². The van der Waals surface area contributed by atoms with E-state index in [-0.39, 0.29) is 12.2 Å². The number of hydrogen-bond donors (Lipinski definition) is 1. The summed E-state index contributed by atoms with van der Waals surface area (Å²) in [6, 6.07) is 0. The van der Waals surface area contributed by atoms with Gasteiger partial charge in [-0.1, -0.05) is 0 Å². The van der Waals surface area contributed by atoms with E-state index in [4.69, 9.17) is 4.74 Å². The molecule has 1 unspecified atom stereocenters. The molecule has 114 valence electrons. The van der Waals surface area contributed by atoms with E-state index >= 15 is 0 Å². The lowest BCUT2D eigenvalue weighted by Gasteiger charge is -2.32. The van der Waals surface area contributed by atoms with E-state index in [0.717, 1.165) is 38.2 Å². The van der Waals surface area contributed by atoms with Crippen molar-refractivity contribution in [2.24, 2.45) is 0 Å². The van der Waals surface area contributed by atoms with Crippen LogP contribution in [0, 0.1) is 6.92 Å². The van der Waals surface area contributed by atoms with Crippen LogP contribution in [0.3, 0.4) is 0 Å². The number of aromatic nitrogens is 1. The maximum atomic E-state index is 9.96. The zero-order valence-electron chi connectivity index (χ0n) is 12.7. The molecule has 0 amide bonds. The van der Waals surface area contributed by atoms with Gasteiger partial charge in [0.05, 0.1) is 23.8 Å². The lowest BCUT2D eigenvalue weighted by atomic mass is 9.97. The molecule has 1 saturated heterocycles. The normalized spacial score (nSPS) is 19.6. The first kappa shape index (κ1) is 15.9. The predicted octanol–water partition coefficient (Wildman–Crippen LogP) is 2.42. The minimum absolute atomic E-state index is 0.184. The van der Waals surface area contributed by atoms with Crippen molar-refractivity contribution in [2.75, 3.05) is 26.2 Å². The van der Waals surface area contributed by atoms with Gasteiger partial charge >= 0.3 is 0 Å². The minimum atomic E-state index is -0.379. The highest BCUT2D eigenvalue weighted by Crippen LogP contribution is 2.30. The number of piperidine rings is 1. The van der Waals surface area contributed by atoms with Crippen molar-refractivity contribution in [3.8, 4) is 0 Å². The highest BCUT2D eigenvalue weighted by molar-refractivity contribution is 7.09. The van der Waals surface area contributed by atoms with E-state index in [1.165, 1.54) is 5.01 Å². The highest BCUT2D eigenvalue weighted by atomic mass is 32.1. The Kier molecular flexibility index (Phi) is 5.96. The van der Waals surface area contributed by atoms with Gasteiger partial charge in [0.2, 0.25) is 0 Å². The summed E-state index contributed by atoms with van der Waals surface area (Å²) in [5, 5.41) is 13.4. The van der Waals surface area contributed by atoms with E-state index in [1.807, 2.05) is 13.8 Å². The molecule has 0 radical (unpaired) electrons. The number of thiazole rings is 1. The van der Waals surface area contributed by atoms with Crippen LogP contribution < -0.4 is 0 Å². The first-order valence-electron chi connectivity index (χ1n) is 7.48. The van der Waals surface area contributed by atoms with Crippen LogP contribution in [0.25, 0.3) is 0 Å². The van der Waals surface area contributed by atoms with E-state index in [0.29, 0.717) is 12.5 Å². The lowest BCUT2D eigenvalue weighted by Crippen LogP contribution is -2.40. The smallest absolute Gasteiger partial charge is 0.0960 e. The van der Waals surface area contributed by atoms with Crippen molar-refractivity contribution in [1.29, 1.82) is 0 Å². The third-order valence-electron chi connectivity index (χ3n) is 3.66. The summed E-state index contributed by atoms with van der Waals surface area (Å²) in [7, 11) is 0. The molecule has 1 aromatic heterocycles. The van der Waals surface area contributed by atoms with Crippen molar-refractivity contribution in [3.05, 3.63) is 16.1 Å². The summed E-state index contributed by atoms with van der Waals surface area (Å²) < 4.78 is 5.45. The molecule has 1 aliphatic heterocycles. The van der Waals surface area contributed by atoms with Gasteiger partial charge in [0.1, 0.15) is 0 Å².